The van der Waals surface area contributed by atoms with Crippen LogP contribution in [0.15, 0.2) is 12.1 Å². The van der Waals surface area contributed by atoms with Crippen molar-refractivity contribution in [2.75, 3.05) is 11.1 Å². The molecule has 1 atom stereocenters. The zero-order valence-electron chi connectivity index (χ0n) is 11.0. The first-order valence-electron chi connectivity index (χ1n) is 5.69. The summed E-state index contributed by atoms with van der Waals surface area (Å²) in [5.74, 6) is 0.294. The zero-order chi connectivity index (χ0) is 13.9. The van der Waals surface area contributed by atoms with Crippen molar-refractivity contribution in [3.8, 4) is 0 Å². The molecule has 0 radical (unpaired) electrons. The minimum Gasteiger partial charge on any atom is -0.396 e. The van der Waals surface area contributed by atoms with Crippen molar-refractivity contribution in [2.45, 2.75) is 39.3 Å². The summed E-state index contributed by atoms with van der Waals surface area (Å²) in [5, 5.41) is 6.14. The number of carbonyl (C=O) groups is 1. The average Bonchev–Trinajstić information content (AvgIpc) is 2.21. The van der Waals surface area contributed by atoms with E-state index in [4.69, 9.17) is 17.3 Å². The number of rotatable bonds is 3. The van der Waals surface area contributed by atoms with E-state index in [2.05, 4.69) is 15.6 Å². The van der Waals surface area contributed by atoms with E-state index in [9.17, 15) is 4.79 Å². The van der Waals surface area contributed by atoms with Crippen LogP contribution in [0.4, 0.5) is 11.5 Å². The molecule has 1 aromatic heterocycles. The first-order chi connectivity index (χ1) is 8.19. The molecule has 6 heteroatoms. The molecule has 0 aliphatic rings. The quantitative estimate of drug-likeness (QED) is 0.734. The number of pyridine rings is 1. The Morgan fingerprint density at radius 1 is 1.44 bits per heavy atom. The molecular formula is C12H19ClN4O. The van der Waals surface area contributed by atoms with Crippen LogP contribution in [0.1, 0.15) is 27.7 Å². The summed E-state index contributed by atoms with van der Waals surface area (Å²) >= 11 is 5.78. The summed E-state index contributed by atoms with van der Waals surface area (Å²) in [6.45, 7) is 7.50. The van der Waals surface area contributed by atoms with Crippen LogP contribution in [-0.2, 0) is 4.79 Å². The number of anilines is 2. The van der Waals surface area contributed by atoms with Gasteiger partial charge in [0.15, 0.2) is 5.82 Å². The molecule has 5 nitrogen and oxygen atoms in total. The largest absolute Gasteiger partial charge is 0.396 e. The molecule has 18 heavy (non-hydrogen) atoms. The molecule has 0 spiro atoms. The summed E-state index contributed by atoms with van der Waals surface area (Å²) in [6.07, 6.45) is 0. The van der Waals surface area contributed by atoms with Gasteiger partial charge >= 0.3 is 0 Å². The van der Waals surface area contributed by atoms with Crippen LogP contribution in [0.3, 0.4) is 0 Å². The molecular weight excluding hydrogens is 252 g/mol. The molecule has 1 heterocycles. The first kappa shape index (κ1) is 14.6. The van der Waals surface area contributed by atoms with Gasteiger partial charge < -0.3 is 16.4 Å². The number of nitrogens with zero attached hydrogens (tertiary/aromatic N) is 1. The molecule has 0 aromatic carbocycles. The van der Waals surface area contributed by atoms with Gasteiger partial charge in [-0.15, -0.1) is 0 Å². The van der Waals surface area contributed by atoms with Crippen molar-refractivity contribution in [3.63, 3.8) is 0 Å². The Kier molecular flexibility index (Phi) is 4.40. The number of aromatic nitrogens is 1. The summed E-state index contributed by atoms with van der Waals surface area (Å²) in [5.41, 5.74) is 5.93. The second kappa shape index (κ2) is 5.44. The van der Waals surface area contributed by atoms with Gasteiger partial charge in [-0.3, -0.25) is 4.79 Å². The number of amides is 1. The molecule has 0 fully saturated rings. The van der Waals surface area contributed by atoms with Gasteiger partial charge in [0.05, 0.1) is 5.69 Å². The van der Waals surface area contributed by atoms with Gasteiger partial charge in [-0.05, 0) is 39.8 Å². The molecule has 0 bridgehead atoms. The van der Waals surface area contributed by atoms with Gasteiger partial charge in [-0.2, -0.15) is 0 Å². The van der Waals surface area contributed by atoms with Crippen LogP contribution in [-0.4, -0.2) is 22.5 Å². The lowest BCUT2D eigenvalue weighted by Gasteiger charge is -2.24. The Balaban J connectivity index is 2.72. The van der Waals surface area contributed by atoms with E-state index in [1.165, 1.54) is 0 Å². The smallest absolute Gasteiger partial charge is 0.242 e. The number of nitrogens with one attached hydrogen (secondary N) is 2. The lowest BCUT2D eigenvalue weighted by Crippen LogP contribution is -2.47. The fourth-order valence-corrected chi connectivity index (χ4v) is 1.46. The molecule has 1 amide bonds. The SMILES string of the molecule is CC(Nc1nc(Cl)ccc1N)C(=O)NC(C)(C)C. The highest BCUT2D eigenvalue weighted by atomic mass is 35.5. The van der Waals surface area contributed by atoms with Crippen molar-refractivity contribution in [3.05, 3.63) is 17.3 Å². The molecule has 0 aliphatic carbocycles. The number of hydrogen-bond acceptors (Lipinski definition) is 4. The van der Waals surface area contributed by atoms with E-state index >= 15 is 0 Å². The number of nitrogens with two attached hydrogens (primary N) is 1. The molecule has 1 unspecified atom stereocenters. The number of hydrogen-bond donors (Lipinski definition) is 3. The summed E-state index contributed by atoms with van der Waals surface area (Å²) in [4.78, 5) is 15.9. The monoisotopic (exact) mass is 270 g/mol. The van der Waals surface area contributed by atoms with Gasteiger partial charge in [-0.1, -0.05) is 11.6 Å². The molecule has 100 valence electrons. The second-order valence-corrected chi connectivity index (χ2v) is 5.56. The number of halogens is 1. The van der Waals surface area contributed by atoms with E-state index in [1.807, 2.05) is 20.8 Å². The lowest BCUT2D eigenvalue weighted by molar-refractivity contribution is -0.122. The first-order valence-corrected chi connectivity index (χ1v) is 6.07. The summed E-state index contributed by atoms with van der Waals surface area (Å²) < 4.78 is 0. The molecule has 0 saturated heterocycles. The average molecular weight is 271 g/mol. The van der Waals surface area contributed by atoms with Crippen LogP contribution in [0, 0.1) is 0 Å². The Bertz CT molecular complexity index is 442. The molecule has 4 N–H and O–H groups in total. The Morgan fingerprint density at radius 3 is 2.61 bits per heavy atom. The standard InChI is InChI=1S/C12H19ClN4O/c1-7(11(18)17-12(2,3)4)15-10-8(14)5-6-9(13)16-10/h5-7H,14H2,1-4H3,(H,15,16)(H,17,18). The van der Waals surface area contributed by atoms with E-state index in [-0.39, 0.29) is 11.4 Å². The van der Waals surface area contributed by atoms with Crippen molar-refractivity contribution in [1.82, 2.24) is 10.3 Å². The normalized spacial score (nSPS) is 12.9. The lowest BCUT2D eigenvalue weighted by atomic mass is 10.1. The van der Waals surface area contributed by atoms with Crippen molar-refractivity contribution in [1.29, 1.82) is 0 Å². The second-order valence-electron chi connectivity index (χ2n) is 5.18. The minimum atomic E-state index is -0.447. The maximum atomic E-state index is 11.9. The number of carbonyl (C=O) groups excluding carboxylic acids is 1. The van der Waals surface area contributed by atoms with Gasteiger partial charge in [-0.25, -0.2) is 4.98 Å². The summed E-state index contributed by atoms with van der Waals surface area (Å²) in [6, 6.07) is 2.80. The highest BCUT2D eigenvalue weighted by molar-refractivity contribution is 6.29. The van der Waals surface area contributed by atoms with E-state index in [0.717, 1.165) is 0 Å². The maximum absolute atomic E-state index is 11.9. The van der Waals surface area contributed by atoms with Gasteiger partial charge in [0, 0.05) is 5.54 Å². The summed E-state index contributed by atoms with van der Waals surface area (Å²) in [7, 11) is 0. The van der Waals surface area contributed by atoms with Crippen molar-refractivity contribution in [2.24, 2.45) is 0 Å². The minimum absolute atomic E-state index is 0.122. The predicted molar refractivity (Wildman–Crippen MR) is 74.6 cm³/mol. The number of nitrogen functional groups attached to an aromatic ring is 1. The molecule has 0 aliphatic heterocycles. The molecule has 0 saturated carbocycles. The Hall–Kier alpha value is -1.49. The van der Waals surface area contributed by atoms with Gasteiger partial charge in [0.25, 0.3) is 0 Å². The fourth-order valence-electron chi connectivity index (χ4n) is 1.31. The van der Waals surface area contributed by atoms with Gasteiger partial charge in [0.1, 0.15) is 11.2 Å². The third kappa shape index (κ3) is 4.41. The van der Waals surface area contributed by atoms with Crippen LogP contribution in [0.2, 0.25) is 5.15 Å². The van der Waals surface area contributed by atoms with Gasteiger partial charge in [0.2, 0.25) is 5.91 Å². The van der Waals surface area contributed by atoms with Crippen LogP contribution in [0.5, 0.6) is 0 Å². The third-order valence-electron chi connectivity index (χ3n) is 2.14. The van der Waals surface area contributed by atoms with E-state index in [1.54, 1.807) is 19.1 Å². The topological polar surface area (TPSA) is 80.0 Å². The Labute approximate surface area is 112 Å². The Morgan fingerprint density at radius 2 is 2.06 bits per heavy atom. The predicted octanol–water partition coefficient (Wildman–Crippen LogP) is 2.03. The molecule has 1 rings (SSSR count). The third-order valence-corrected chi connectivity index (χ3v) is 2.35. The van der Waals surface area contributed by atoms with Crippen LogP contribution >= 0.6 is 11.6 Å². The van der Waals surface area contributed by atoms with Crippen molar-refractivity contribution >= 4 is 29.0 Å². The highest BCUT2D eigenvalue weighted by Gasteiger charge is 2.20. The fraction of sp³-hybridized carbons (Fsp3) is 0.500. The van der Waals surface area contributed by atoms with Crippen LogP contribution < -0.4 is 16.4 Å². The maximum Gasteiger partial charge on any atom is 0.242 e. The van der Waals surface area contributed by atoms with Crippen molar-refractivity contribution < 1.29 is 4.79 Å². The molecule has 1 aromatic rings. The van der Waals surface area contributed by atoms with Crippen LogP contribution in [0.25, 0.3) is 0 Å². The highest BCUT2D eigenvalue weighted by Crippen LogP contribution is 2.19. The zero-order valence-corrected chi connectivity index (χ0v) is 11.8. The van der Waals surface area contributed by atoms with E-state index in [0.29, 0.717) is 16.7 Å². The van der Waals surface area contributed by atoms with E-state index < -0.39 is 6.04 Å².